The fourth-order valence-corrected chi connectivity index (χ4v) is 2.58. The van der Waals surface area contributed by atoms with Gasteiger partial charge in [-0.3, -0.25) is 9.69 Å². The summed E-state index contributed by atoms with van der Waals surface area (Å²) < 4.78 is 5.90. The lowest BCUT2D eigenvalue weighted by molar-refractivity contribution is -0.154. The molecule has 2 aliphatic rings. The molecule has 0 saturated carbocycles. The lowest BCUT2D eigenvalue weighted by Crippen LogP contribution is -2.44. The summed E-state index contributed by atoms with van der Waals surface area (Å²) in [6, 6.07) is 8.24. The van der Waals surface area contributed by atoms with Gasteiger partial charge >= 0.3 is 0 Å². The third-order valence-corrected chi connectivity index (χ3v) is 3.51. The number of fused-ring (bicyclic) bond motifs is 1. The summed E-state index contributed by atoms with van der Waals surface area (Å²) in [5, 5.41) is 0. The van der Waals surface area contributed by atoms with E-state index in [1.54, 1.807) is 4.90 Å². The van der Waals surface area contributed by atoms with Gasteiger partial charge in [0.05, 0.1) is 6.61 Å². The molecular formula is C14H15NO2. The molecule has 0 bridgehead atoms. The summed E-state index contributed by atoms with van der Waals surface area (Å²) in [7, 11) is 0. The van der Waals surface area contributed by atoms with E-state index in [2.05, 4.69) is 31.2 Å². The Labute approximate surface area is 101 Å². The number of aryl methyl sites for hydroxylation is 1. The summed E-state index contributed by atoms with van der Waals surface area (Å²) in [4.78, 5) is 13.6. The minimum Gasteiger partial charge on any atom is -0.347 e. The zero-order chi connectivity index (χ0) is 11.9. The monoisotopic (exact) mass is 229 g/mol. The fourth-order valence-electron chi connectivity index (χ4n) is 2.58. The lowest BCUT2D eigenvalue weighted by Gasteiger charge is -2.39. The van der Waals surface area contributed by atoms with Crippen LogP contribution in [0.2, 0.25) is 0 Å². The third kappa shape index (κ3) is 1.50. The summed E-state index contributed by atoms with van der Waals surface area (Å²) in [5.41, 5.74) is 1.73. The van der Waals surface area contributed by atoms with Crippen molar-refractivity contribution in [2.45, 2.75) is 25.5 Å². The van der Waals surface area contributed by atoms with Crippen molar-refractivity contribution in [1.29, 1.82) is 0 Å². The van der Waals surface area contributed by atoms with Gasteiger partial charge in [0, 0.05) is 24.6 Å². The molecule has 3 nitrogen and oxygen atoms in total. The summed E-state index contributed by atoms with van der Waals surface area (Å²) in [5.74, 6) is 0.140. The first-order valence-corrected chi connectivity index (χ1v) is 5.92. The molecule has 1 amide bonds. The maximum atomic E-state index is 11.8. The summed E-state index contributed by atoms with van der Waals surface area (Å²) >= 11 is 0. The van der Waals surface area contributed by atoms with Crippen molar-refractivity contribution >= 4 is 5.91 Å². The zero-order valence-corrected chi connectivity index (χ0v) is 9.85. The van der Waals surface area contributed by atoms with Gasteiger partial charge in [-0.05, 0) is 13.0 Å². The maximum Gasteiger partial charge on any atom is 0.229 e. The van der Waals surface area contributed by atoms with Gasteiger partial charge in [0.15, 0.2) is 5.72 Å². The Bertz CT molecular complexity index is 474. The average molecular weight is 229 g/mol. The molecular weight excluding hydrogens is 214 g/mol. The first-order chi connectivity index (χ1) is 8.22. The minimum absolute atomic E-state index is 0.140. The second-order valence-corrected chi connectivity index (χ2v) is 4.61. The molecule has 0 aromatic heterocycles. The highest BCUT2D eigenvalue weighted by atomic mass is 16.5. The number of hydrogen-bond acceptors (Lipinski definition) is 2. The molecule has 3 rings (SSSR count). The molecule has 88 valence electrons. The van der Waals surface area contributed by atoms with Crippen molar-refractivity contribution in [3.05, 3.63) is 47.7 Å². The molecule has 0 spiro atoms. The Balaban J connectivity index is 2.07. The van der Waals surface area contributed by atoms with Gasteiger partial charge in [0.2, 0.25) is 5.91 Å². The largest absolute Gasteiger partial charge is 0.347 e. The number of carbonyl (C=O) groups is 1. The number of rotatable bonds is 1. The topological polar surface area (TPSA) is 29.5 Å². The molecule has 1 unspecified atom stereocenters. The number of carbonyl (C=O) groups excluding carboxylic acids is 1. The molecule has 1 aromatic rings. The molecule has 2 heterocycles. The molecule has 1 fully saturated rings. The van der Waals surface area contributed by atoms with E-state index in [1.165, 1.54) is 5.56 Å². The van der Waals surface area contributed by atoms with Crippen LogP contribution in [-0.2, 0) is 15.3 Å². The molecule has 0 aliphatic carbocycles. The van der Waals surface area contributed by atoms with Crippen LogP contribution >= 0.6 is 0 Å². The predicted molar refractivity (Wildman–Crippen MR) is 64.0 cm³/mol. The third-order valence-electron chi connectivity index (χ3n) is 3.51. The van der Waals surface area contributed by atoms with Crippen LogP contribution in [0.5, 0.6) is 0 Å². The predicted octanol–water partition coefficient (Wildman–Crippen LogP) is 2.31. The van der Waals surface area contributed by atoms with Crippen LogP contribution in [-0.4, -0.2) is 17.4 Å². The quantitative estimate of drug-likeness (QED) is 0.739. The van der Waals surface area contributed by atoms with E-state index in [9.17, 15) is 4.79 Å². The molecule has 3 heteroatoms. The van der Waals surface area contributed by atoms with Crippen LogP contribution in [0, 0.1) is 6.92 Å². The Morgan fingerprint density at radius 3 is 2.82 bits per heavy atom. The van der Waals surface area contributed by atoms with Crippen molar-refractivity contribution in [2.24, 2.45) is 0 Å². The van der Waals surface area contributed by atoms with Crippen LogP contribution in [0.25, 0.3) is 0 Å². The minimum atomic E-state index is -0.556. The average Bonchev–Trinajstić information content (AvgIpc) is 2.70. The molecule has 1 saturated heterocycles. The SMILES string of the molecule is Cc1ccc(C23CCC(=O)N2C=CCO3)cc1. The zero-order valence-electron chi connectivity index (χ0n) is 9.85. The van der Waals surface area contributed by atoms with Gasteiger partial charge in [-0.25, -0.2) is 0 Å². The van der Waals surface area contributed by atoms with Crippen molar-refractivity contribution in [2.75, 3.05) is 6.61 Å². The highest BCUT2D eigenvalue weighted by Crippen LogP contribution is 2.42. The van der Waals surface area contributed by atoms with E-state index in [-0.39, 0.29) is 5.91 Å². The number of benzene rings is 1. The van der Waals surface area contributed by atoms with E-state index in [0.29, 0.717) is 13.0 Å². The highest BCUT2D eigenvalue weighted by molar-refractivity contribution is 5.81. The maximum absolute atomic E-state index is 11.8. The number of amides is 1. The van der Waals surface area contributed by atoms with E-state index >= 15 is 0 Å². The highest BCUT2D eigenvalue weighted by Gasteiger charge is 2.47. The Kier molecular flexibility index (Phi) is 2.30. The second kappa shape index (κ2) is 3.70. The molecule has 1 aromatic carbocycles. The molecule has 0 radical (unpaired) electrons. The Morgan fingerprint density at radius 2 is 2.06 bits per heavy atom. The van der Waals surface area contributed by atoms with Crippen molar-refractivity contribution < 1.29 is 9.53 Å². The molecule has 1 atom stereocenters. The molecule has 17 heavy (non-hydrogen) atoms. The van der Waals surface area contributed by atoms with Crippen LogP contribution in [0.3, 0.4) is 0 Å². The van der Waals surface area contributed by atoms with Crippen LogP contribution < -0.4 is 0 Å². The normalized spacial score (nSPS) is 27.4. The fraction of sp³-hybridized carbons (Fsp3) is 0.357. The van der Waals surface area contributed by atoms with E-state index < -0.39 is 5.72 Å². The van der Waals surface area contributed by atoms with Gasteiger partial charge in [0.25, 0.3) is 0 Å². The van der Waals surface area contributed by atoms with Crippen molar-refractivity contribution in [3.63, 3.8) is 0 Å². The summed E-state index contributed by atoms with van der Waals surface area (Å²) in [6.07, 6.45) is 5.03. The van der Waals surface area contributed by atoms with E-state index in [0.717, 1.165) is 12.0 Å². The number of nitrogens with zero attached hydrogens (tertiary/aromatic N) is 1. The van der Waals surface area contributed by atoms with Gasteiger partial charge in [-0.15, -0.1) is 0 Å². The lowest BCUT2D eigenvalue weighted by atomic mass is 9.98. The first-order valence-electron chi connectivity index (χ1n) is 5.92. The Morgan fingerprint density at radius 1 is 1.29 bits per heavy atom. The summed E-state index contributed by atoms with van der Waals surface area (Å²) in [6.45, 7) is 2.62. The van der Waals surface area contributed by atoms with E-state index in [1.807, 2.05) is 12.3 Å². The molecule has 2 aliphatic heterocycles. The Hall–Kier alpha value is -1.61. The van der Waals surface area contributed by atoms with Crippen molar-refractivity contribution in [3.8, 4) is 0 Å². The smallest absolute Gasteiger partial charge is 0.229 e. The van der Waals surface area contributed by atoms with E-state index in [4.69, 9.17) is 4.74 Å². The van der Waals surface area contributed by atoms with Gasteiger partial charge in [0.1, 0.15) is 0 Å². The van der Waals surface area contributed by atoms with Crippen LogP contribution in [0.1, 0.15) is 24.0 Å². The number of ether oxygens (including phenoxy) is 1. The van der Waals surface area contributed by atoms with Crippen molar-refractivity contribution in [1.82, 2.24) is 4.90 Å². The van der Waals surface area contributed by atoms with Gasteiger partial charge in [-0.2, -0.15) is 0 Å². The standard InChI is InChI=1S/C14H15NO2/c1-11-3-5-12(6-4-11)14-8-7-13(16)15(14)9-2-10-17-14/h2-6,9H,7-8,10H2,1H3. The van der Waals surface area contributed by atoms with Crippen LogP contribution in [0.15, 0.2) is 36.5 Å². The van der Waals surface area contributed by atoms with Gasteiger partial charge in [-0.1, -0.05) is 29.8 Å². The van der Waals surface area contributed by atoms with Gasteiger partial charge < -0.3 is 4.74 Å². The molecule has 0 N–H and O–H groups in total. The number of hydrogen-bond donors (Lipinski definition) is 0. The van der Waals surface area contributed by atoms with Crippen LogP contribution in [0.4, 0.5) is 0 Å². The first kappa shape index (κ1) is 10.5. The second-order valence-electron chi connectivity index (χ2n) is 4.61.